The number of hydrogen-bond donors (Lipinski definition) is 0. The first-order chi connectivity index (χ1) is 8.16. The number of hydrogen-bond acceptors (Lipinski definition) is 0. The Morgan fingerprint density at radius 2 is 1.65 bits per heavy atom. The van der Waals surface area contributed by atoms with Gasteiger partial charge in [-0.3, -0.25) is 0 Å². The Kier molecular flexibility index (Phi) is 4.22. The molecule has 1 aliphatic rings. The van der Waals surface area contributed by atoms with Crippen molar-refractivity contribution in [2.45, 2.75) is 38.6 Å². The molecule has 0 aromatic heterocycles. The van der Waals surface area contributed by atoms with Gasteiger partial charge >= 0.3 is 0 Å². The Morgan fingerprint density at radius 1 is 1.00 bits per heavy atom. The smallest absolute Gasteiger partial charge is 0.104 e. The second-order valence-corrected chi connectivity index (χ2v) is 6.27. The minimum atomic E-state index is 0.961. The monoisotopic (exact) mass is 232 g/mol. The third kappa shape index (κ3) is 4.16. The maximum Gasteiger partial charge on any atom is 0.104 e. The topological polar surface area (TPSA) is 0 Å². The van der Waals surface area contributed by atoms with Gasteiger partial charge in [-0.05, 0) is 12.8 Å². The normalized spacial score (nSPS) is 18.2. The van der Waals surface area contributed by atoms with Gasteiger partial charge < -0.3 is 4.48 Å². The summed E-state index contributed by atoms with van der Waals surface area (Å²) in [6, 6.07) is 10.9. The Labute approximate surface area is 106 Å². The third-order valence-corrected chi connectivity index (χ3v) is 3.93. The summed E-state index contributed by atoms with van der Waals surface area (Å²) in [5, 5.41) is 0. The highest BCUT2D eigenvalue weighted by Crippen LogP contribution is 2.26. The lowest BCUT2D eigenvalue weighted by Crippen LogP contribution is -2.43. The lowest BCUT2D eigenvalue weighted by molar-refractivity contribution is -0.907. The molecule has 1 aromatic rings. The van der Waals surface area contributed by atoms with E-state index in [-0.39, 0.29) is 0 Å². The molecule has 1 fully saturated rings. The van der Waals surface area contributed by atoms with Crippen molar-refractivity contribution in [3.63, 3.8) is 0 Å². The molecule has 0 unspecified atom stereocenters. The van der Waals surface area contributed by atoms with Crippen molar-refractivity contribution in [2.24, 2.45) is 5.92 Å². The molecule has 1 heteroatoms. The van der Waals surface area contributed by atoms with Crippen LogP contribution in [0.2, 0.25) is 0 Å². The maximum absolute atomic E-state index is 2.38. The van der Waals surface area contributed by atoms with Gasteiger partial charge in [-0.25, -0.2) is 0 Å². The standard InChI is InChI=1S/C16H26N/c1-17(2,13-15-9-5-3-6-10-15)14-16-11-7-4-8-12-16/h3,5-6,9-10,16H,4,7-8,11-14H2,1-2H3/q+1. The number of nitrogens with zero attached hydrogens (tertiary/aromatic N) is 1. The van der Waals surface area contributed by atoms with E-state index < -0.39 is 0 Å². The summed E-state index contributed by atoms with van der Waals surface area (Å²) < 4.78 is 1.13. The number of rotatable bonds is 4. The van der Waals surface area contributed by atoms with Crippen LogP contribution in [0.3, 0.4) is 0 Å². The molecule has 1 nitrogen and oxygen atoms in total. The van der Waals surface area contributed by atoms with Crippen LogP contribution in [0.25, 0.3) is 0 Å². The summed E-state index contributed by atoms with van der Waals surface area (Å²) in [4.78, 5) is 0. The summed E-state index contributed by atoms with van der Waals surface area (Å²) in [5.41, 5.74) is 1.47. The van der Waals surface area contributed by atoms with Crippen molar-refractivity contribution in [1.82, 2.24) is 0 Å². The van der Waals surface area contributed by atoms with Crippen LogP contribution in [0.5, 0.6) is 0 Å². The second kappa shape index (κ2) is 5.68. The van der Waals surface area contributed by atoms with Crippen molar-refractivity contribution < 1.29 is 4.48 Å². The summed E-state index contributed by atoms with van der Waals surface area (Å²) in [6.07, 6.45) is 7.28. The van der Waals surface area contributed by atoms with Crippen LogP contribution in [0.15, 0.2) is 30.3 Å². The van der Waals surface area contributed by atoms with Crippen molar-refractivity contribution in [2.75, 3.05) is 20.6 Å². The number of benzene rings is 1. The first kappa shape index (κ1) is 12.6. The molecule has 0 radical (unpaired) electrons. The van der Waals surface area contributed by atoms with Crippen molar-refractivity contribution in [3.05, 3.63) is 35.9 Å². The van der Waals surface area contributed by atoms with Gasteiger partial charge in [0, 0.05) is 11.5 Å². The zero-order valence-electron chi connectivity index (χ0n) is 11.4. The minimum Gasteiger partial charge on any atom is -0.325 e. The molecule has 0 saturated heterocycles. The van der Waals surface area contributed by atoms with E-state index in [1.165, 1.54) is 44.2 Å². The average molecular weight is 232 g/mol. The van der Waals surface area contributed by atoms with Gasteiger partial charge in [0.05, 0.1) is 20.6 Å². The summed E-state index contributed by atoms with van der Waals surface area (Å²) >= 11 is 0. The van der Waals surface area contributed by atoms with Crippen LogP contribution in [-0.2, 0) is 6.54 Å². The van der Waals surface area contributed by atoms with Gasteiger partial charge in [0.2, 0.25) is 0 Å². The second-order valence-electron chi connectivity index (χ2n) is 6.27. The Bertz CT molecular complexity index is 323. The molecule has 1 saturated carbocycles. The zero-order chi connectivity index (χ0) is 12.1. The van der Waals surface area contributed by atoms with Crippen LogP contribution >= 0.6 is 0 Å². The number of quaternary nitrogens is 1. The SMILES string of the molecule is C[N+](C)(Cc1ccccc1)CC1CCCCC1. The predicted molar refractivity (Wildman–Crippen MR) is 73.7 cm³/mol. The molecule has 1 aliphatic carbocycles. The molecule has 17 heavy (non-hydrogen) atoms. The Balaban J connectivity index is 1.89. The summed E-state index contributed by atoms with van der Waals surface area (Å²) in [5.74, 6) is 0.961. The van der Waals surface area contributed by atoms with E-state index in [2.05, 4.69) is 44.4 Å². The van der Waals surface area contributed by atoms with E-state index in [0.29, 0.717) is 0 Å². The predicted octanol–water partition coefficient (Wildman–Crippen LogP) is 3.84. The highest BCUT2D eigenvalue weighted by molar-refractivity contribution is 5.13. The van der Waals surface area contributed by atoms with Crippen molar-refractivity contribution >= 4 is 0 Å². The highest BCUT2D eigenvalue weighted by Gasteiger charge is 2.23. The molecular weight excluding hydrogens is 206 g/mol. The lowest BCUT2D eigenvalue weighted by atomic mass is 9.88. The van der Waals surface area contributed by atoms with E-state index in [1.807, 2.05) is 0 Å². The van der Waals surface area contributed by atoms with E-state index in [4.69, 9.17) is 0 Å². The fourth-order valence-corrected chi connectivity index (χ4v) is 3.21. The van der Waals surface area contributed by atoms with Crippen LogP contribution in [0.1, 0.15) is 37.7 Å². The molecule has 0 aliphatic heterocycles. The largest absolute Gasteiger partial charge is 0.325 e. The summed E-state index contributed by atoms with van der Waals surface area (Å²) in [6.45, 7) is 2.51. The third-order valence-electron chi connectivity index (χ3n) is 3.93. The molecule has 94 valence electrons. The fourth-order valence-electron chi connectivity index (χ4n) is 3.21. The van der Waals surface area contributed by atoms with Gasteiger partial charge in [0.25, 0.3) is 0 Å². The van der Waals surface area contributed by atoms with Crippen molar-refractivity contribution in [3.8, 4) is 0 Å². The van der Waals surface area contributed by atoms with Crippen LogP contribution in [0.4, 0.5) is 0 Å². The van der Waals surface area contributed by atoms with Gasteiger partial charge in [0.1, 0.15) is 6.54 Å². The van der Waals surface area contributed by atoms with Gasteiger partial charge in [-0.15, -0.1) is 0 Å². The Hall–Kier alpha value is -0.820. The molecule has 2 rings (SSSR count). The lowest BCUT2D eigenvalue weighted by Gasteiger charge is -2.35. The first-order valence-electron chi connectivity index (χ1n) is 7.02. The van der Waals surface area contributed by atoms with Crippen LogP contribution < -0.4 is 0 Å². The molecule has 0 bridgehead atoms. The van der Waals surface area contributed by atoms with Crippen LogP contribution in [-0.4, -0.2) is 25.1 Å². The van der Waals surface area contributed by atoms with Crippen LogP contribution in [0, 0.1) is 5.92 Å². The quantitative estimate of drug-likeness (QED) is 0.692. The van der Waals surface area contributed by atoms with E-state index in [9.17, 15) is 0 Å². The molecule has 0 N–H and O–H groups in total. The zero-order valence-corrected chi connectivity index (χ0v) is 11.4. The molecule has 1 aromatic carbocycles. The van der Waals surface area contributed by atoms with Crippen molar-refractivity contribution in [1.29, 1.82) is 0 Å². The van der Waals surface area contributed by atoms with Gasteiger partial charge in [-0.1, -0.05) is 49.6 Å². The average Bonchev–Trinajstić information content (AvgIpc) is 2.30. The highest BCUT2D eigenvalue weighted by atomic mass is 15.3. The molecule has 0 heterocycles. The molecular formula is C16H26N+. The minimum absolute atomic E-state index is 0.961. The Morgan fingerprint density at radius 3 is 2.29 bits per heavy atom. The molecule has 0 spiro atoms. The maximum atomic E-state index is 2.38. The van der Waals surface area contributed by atoms with E-state index in [0.717, 1.165) is 16.9 Å². The van der Waals surface area contributed by atoms with Gasteiger partial charge in [-0.2, -0.15) is 0 Å². The summed E-state index contributed by atoms with van der Waals surface area (Å²) in [7, 11) is 4.75. The van der Waals surface area contributed by atoms with E-state index >= 15 is 0 Å². The molecule has 0 atom stereocenters. The molecule has 0 amide bonds. The first-order valence-corrected chi connectivity index (χ1v) is 7.02. The van der Waals surface area contributed by atoms with E-state index in [1.54, 1.807) is 0 Å². The van der Waals surface area contributed by atoms with Gasteiger partial charge in [0.15, 0.2) is 0 Å². The fraction of sp³-hybridized carbons (Fsp3) is 0.625.